The zero-order chi connectivity index (χ0) is 13.7. The smallest absolute Gasteiger partial charge is 0.308 e. The van der Waals surface area contributed by atoms with Crippen LogP contribution in [-0.2, 0) is 4.79 Å². The molecule has 18 heavy (non-hydrogen) atoms. The summed E-state index contributed by atoms with van der Waals surface area (Å²) in [6.45, 7) is 1.75. The van der Waals surface area contributed by atoms with Crippen LogP contribution in [0.5, 0.6) is 5.75 Å². The number of carbonyl (C=O) groups is 2. The number of halogens is 1. The Balaban J connectivity index is 2.68. The normalized spacial score (nSPS) is 11.9. The maximum atomic E-state index is 11.7. The van der Waals surface area contributed by atoms with Gasteiger partial charge in [0.1, 0.15) is 5.75 Å². The van der Waals surface area contributed by atoms with Crippen LogP contribution in [0.15, 0.2) is 18.2 Å². The minimum atomic E-state index is -0.960. The van der Waals surface area contributed by atoms with Crippen LogP contribution in [0.3, 0.4) is 0 Å². The minimum Gasteiger partial charge on any atom is -0.507 e. The maximum Gasteiger partial charge on any atom is 0.308 e. The third-order valence-electron chi connectivity index (χ3n) is 2.56. The minimum absolute atomic E-state index is 0.0206. The molecule has 1 aromatic carbocycles. The van der Waals surface area contributed by atoms with Crippen molar-refractivity contribution < 1.29 is 19.8 Å². The molecule has 5 nitrogen and oxygen atoms in total. The molecule has 0 bridgehead atoms. The van der Waals surface area contributed by atoms with E-state index in [1.807, 2.05) is 0 Å². The molecule has 0 aliphatic heterocycles. The molecule has 0 aliphatic carbocycles. The number of hydrogen-bond donors (Lipinski definition) is 3. The predicted octanol–water partition coefficient (Wildman–Crippen LogP) is 1.89. The molecule has 3 N–H and O–H groups in total. The summed E-state index contributed by atoms with van der Waals surface area (Å²) in [5.74, 6) is -2.35. The van der Waals surface area contributed by atoms with E-state index in [9.17, 15) is 14.7 Å². The van der Waals surface area contributed by atoms with E-state index < -0.39 is 17.8 Å². The molecule has 1 amide bonds. The van der Waals surface area contributed by atoms with E-state index in [2.05, 4.69) is 5.32 Å². The van der Waals surface area contributed by atoms with Crippen LogP contribution in [0.4, 0.5) is 0 Å². The van der Waals surface area contributed by atoms with Gasteiger partial charge in [-0.3, -0.25) is 9.59 Å². The molecular weight excluding hydrogens is 258 g/mol. The molecule has 1 unspecified atom stereocenters. The molecule has 0 fully saturated rings. The number of phenolic OH excluding ortho intramolecular Hbond substituents is 1. The van der Waals surface area contributed by atoms with E-state index in [4.69, 9.17) is 16.7 Å². The van der Waals surface area contributed by atoms with Crippen LogP contribution in [-0.4, -0.2) is 28.6 Å². The number of benzene rings is 1. The van der Waals surface area contributed by atoms with Crippen molar-refractivity contribution in [3.63, 3.8) is 0 Å². The zero-order valence-corrected chi connectivity index (χ0v) is 10.6. The highest BCUT2D eigenvalue weighted by Gasteiger charge is 2.17. The molecule has 0 aromatic heterocycles. The Morgan fingerprint density at radius 2 is 2.11 bits per heavy atom. The van der Waals surface area contributed by atoms with Crippen molar-refractivity contribution in [3.8, 4) is 5.75 Å². The molecular formula is C12H14ClNO4. The van der Waals surface area contributed by atoms with Gasteiger partial charge in [0.2, 0.25) is 0 Å². The predicted molar refractivity (Wildman–Crippen MR) is 66.9 cm³/mol. The Labute approximate surface area is 109 Å². The molecule has 1 aromatic rings. The Kier molecular flexibility index (Phi) is 4.97. The molecule has 0 spiro atoms. The quantitative estimate of drug-likeness (QED) is 0.763. The van der Waals surface area contributed by atoms with Crippen LogP contribution in [0, 0.1) is 5.92 Å². The third kappa shape index (κ3) is 3.63. The number of rotatable bonds is 5. The molecule has 98 valence electrons. The topological polar surface area (TPSA) is 86.6 Å². The molecule has 0 saturated carbocycles. The number of amides is 1. The standard InChI is InChI=1S/C12H14ClNO4/c1-2-7(12(17)18)6-14-11(16)9-4-3-8(13)5-10(9)15/h3-5,7,15H,2,6H2,1H3,(H,14,16)(H,17,18). The fourth-order valence-corrected chi connectivity index (χ4v) is 1.58. The number of hydrogen-bond acceptors (Lipinski definition) is 3. The number of carboxylic acids is 1. The van der Waals surface area contributed by atoms with Gasteiger partial charge < -0.3 is 15.5 Å². The lowest BCUT2D eigenvalue weighted by molar-refractivity contribution is -0.141. The number of carbonyl (C=O) groups excluding carboxylic acids is 1. The van der Waals surface area contributed by atoms with Gasteiger partial charge in [0, 0.05) is 11.6 Å². The number of aromatic hydroxyl groups is 1. The van der Waals surface area contributed by atoms with Crippen LogP contribution >= 0.6 is 11.6 Å². The fourth-order valence-electron chi connectivity index (χ4n) is 1.41. The van der Waals surface area contributed by atoms with Gasteiger partial charge in [-0.25, -0.2) is 0 Å². The van der Waals surface area contributed by atoms with Crippen molar-refractivity contribution in [2.24, 2.45) is 5.92 Å². The van der Waals surface area contributed by atoms with Gasteiger partial charge in [0.25, 0.3) is 5.91 Å². The number of phenols is 1. The Hall–Kier alpha value is -1.75. The van der Waals surface area contributed by atoms with E-state index in [1.54, 1.807) is 6.92 Å². The number of carboxylic acid groups (broad SMARTS) is 1. The molecule has 6 heteroatoms. The third-order valence-corrected chi connectivity index (χ3v) is 2.79. The highest BCUT2D eigenvalue weighted by Crippen LogP contribution is 2.21. The van der Waals surface area contributed by atoms with Crippen LogP contribution in [0.2, 0.25) is 5.02 Å². The fraction of sp³-hybridized carbons (Fsp3) is 0.333. The Bertz CT molecular complexity index is 461. The largest absolute Gasteiger partial charge is 0.507 e. The second-order valence-corrected chi connectivity index (χ2v) is 4.25. The molecule has 0 heterocycles. The van der Waals surface area contributed by atoms with E-state index in [0.717, 1.165) is 0 Å². The van der Waals surface area contributed by atoms with Crippen molar-refractivity contribution in [2.45, 2.75) is 13.3 Å². The highest BCUT2D eigenvalue weighted by molar-refractivity contribution is 6.30. The summed E-state index contributed by atoms with van der Waals surface area (Å²) in [5, 5.41) is 21.2. The van der Waals surface area contributed by atoms with Crippen molar-refractivity contribution in [1.82, 2.24) is 5.32 Å². The molecule has 0 aliphatic rings. The molecule has 0 saturated heterocycles. The number of aliphatic carboxylic acids is 1. The van der Waals surface area contributed by atoms with E-state index >= 15 is 0 Å². The van der Waals surface area contributed by atoms with Gasteiger partial charge in [-0.05, 0) is 24.6 Å². The summed E-state index contributed by atoms with van der Waals surface area (Å²) in [5.41, 5.74) is 0.0691. The van der Waals surface area contributed by atoms with Crippen molar-refractivity contribution in [3.05, 3.63) is 28.8 Å². The molecule has 0 radical (unpaired) electrons. The summed E-state index contributed by atoms with van der Waals surface area (Å²) in [6.07, 6.45) is 0.419. The Morgan fingerprint density at radius 1 is 1.44 bits per heavy atom. The van der Waals surface area contributed by atoms with Crippen molar-refractivity contribution in [2.75, 3.05) is 6.54 Å². The summed E-state index contributed by atoms with van der Waals surface area (Å²) in [4.78, 5) is 22.5. The zero-order valence-electron chi connectivity index (χ0n) is 9.81. The van der Waals surface area contributed by atoms with Crippen molar-refractivity contribution >= 4 is 23.5 Å². The first-order chi connectivity index (χ1) is 8.45. The average molecular weight is 272 g/mol. The first kappa shape index (κ1) is 14.3. The van der Waals surface area contributed by atoms with E-state index in [1.165, 1.54) is 18.2 Å². The maximum absolute atomic E-state index is 11.7. The van der Waals surface area contributed by atoms with Gasteiger partial charge in [-0.2, -0.15) is 0 Å². The summed E-state index contributed by atoms with van der Waals surface area (Å²) in [6, 6.07) is 4.12. The Morgan fingerprint density at radius 3 is 2.61 bits per heavy atom. The first-order valence-electron chi connectivity index (χ1n) is 5.45. The van der Waals surface area contributed by atoms with Gasteiger partial charge in [0.05, 0.1) is 11.5 Å². The van der Waals surface area contributed by atoms with Gasteiger partial charge in [-0.15, -0.1) is 0 Å². The first-order valence-corrected chi connectivity index (χ1v) is 5.83. The van der Waals surface area contributed by atoms with Crippen molar-refractivity contribution in [1.29, 1.82) is 0 Å². The second kappa shape index (κ2) is 6.26. The van der Waals surface area contributed by atoms with Crippen LogP contribution in [0.25, 0.3) is 0 Å². The average Bonchev–Trinajstić information content (AvgIpc) is 2.28. The second-order valence-electron chi connectivity index (χ2n) is 3.81. The molecule has 1 atom stereocenters. The lowest BCUT2D eigenvalue weighted by atomic mass is 10.1. The van der Waals surface area contributed by atoms with E-state index in [0.29, 0.717) is 11.4 Å². The lowest BCUT2D eigenvalue weighted by Crippen LogP contribution is -2.32. The van der Waals surface area contributed by atoms with Gasteiger partial charge in [-0.1, -0.05) is 18.5 Å². The lowest BCUT2D eigenvalue weighted by Gasteiger charge is -2.11. The van der Waals surface area contributed by atoms with Gasteiger partial charge >= 0.3 is 5.97 Å². The van der Waals surface area contributed by atoms with Gasteiger partial charge in [0.15, 0.2) is 0 Å². The summed E-state index contributed by atoms with van der Waals surface area (Å²) >= 11 is 5.64. The van der Waals surface area contributed by atoms with Crippen LogP contribution in [0.1, 0.15) is 23.7 Å². The monoisotopic (exact) mass is 271 g/mol. The highest BCUT2D eigenvalue weighted by atomic mass is 35.5. The summed E-state index contributed by atoms with van der Waals surface area (Å²) in [7, 11) is 0. The SMILES string of the molecule is CCC(CNC(=O)c1ccc(Cl)cc1O)C(=O)O. The van der Waals surface area contributed by atoms with Crippen LogP contribution < -0.4 is 5.32 Å². The number of nitrogens with one attached hydrogen (secondary N) is 1. The molecule has 1 rings (SSSR count). The van der Waals surface area contributed by atoms with E-state index in [-0.39, 0.29) is 17.9 Å². The summed E-state index contributed by atoms with van der Waals surface area (Å²) < 4.78 is 0.